The van der Waals surface area contributed by atoms with E-state index in [2.05, 4.69) is 22.1 Å². The fourth-order valence-electron chi connectivity index (χ4n) is 2.20. The van der Waals surface area contributed by atoms with Gasteiger partial charge in [-0.25, -0.2) is 0 Å². The third-order valence-corrected chi connectivity index (χ3v) is 4.93. The molecule has 0 aliphatic carbocycles. The maximum atomic E-state index is 12.2. The molecular formula is C17H14Cl2N4O2S. The molecule has 2 heterocycles. The summed E-state index contributed by atoms with van der Waals surface area (Å²) in [5.74, 6) is 1.04. The predicted molar refractivity (Wildman–Crippen MR) is 104 cm³/mol. The Morgan fingerprint density at radius 1 is 1.27 bits per heavy atom. The van der Waals surface area contributed by atoms with E-state index in [1.54, 1.807) is 42.7 Å². The average Bonchev–Trinajstić information content (AvgIpc) is 3.26. The van der Waals surface area contributed by atoms with Crippen LogP contribution in [0.5, 0.6) is 0 Å². The predicted octanol–water partition coefficient (Wildman–Crippen LogP) is 4.76. The van der Waals surface area contributed by atoms with Gasteiger partial charge in [0, 0.05) is 6.54 Å². The second-order valence-electron chi connectivity index (χ2n) is 5.12. The number of aromatic nitrogens is 3. The van der Waals surface area contributed by atoms with Crippen molar-refractivity contribution >= 4 is 46.6 Å². The summed E-state index contributed by atoms with van der Waals surface area (Å²) in [6.45, 7) is 4.23. The van der Waals surface area contributed by atoms with Crippen LogP contribution in [0.3, 0.4) is 0 Å². The number of nitrogens with one attached hydrogen (secondary N) is 1. The molecule has 0 spiro atoms. The van der Waals surface area contributed by atoms with E-state index in [1.807, 2.05) is 4.57 Å². The summed E-state index contributed by atoms with van der Waals surface area (Å²) in [5.41, 5.74) is 0.394. The first-order valence-corrected chi connectivity index (χ1v) is 9.29. The van der Waals surface area contributed by atoms with Crippen molar-refractivity contribution in [2.75, 3.05) is 11.1 Å². The molecule has 1 amide bonds. The summed E-state index contributed by atoms with van der Waals surface area (Å²) in [6.07, 6.45) is 3.29. The molecule has 3 aromatic rings. The summed E-state index contributed by atoms with van der Waals surface area (Å²) in [7, 11) is 0. The zero-order valence-electron chi connectivity index (χ0n) is 13.5. The van der Waals surface area contributed by atoms with E-state index in [0.29, 0.717) is 39.0 Å². The SMILES string of the molecule is C=CCn1c(SCC(=O)Nc2c(Cl)cccc2Cl)nnc1-c1ccco1. The fourth-order valence-corrected chi connectivity index (χ4v) is 3.44. The highest BCUT2D eigenvalue weighted by Gasteiger charge is 2.17. The molecule has 9 heteroatoms. The first-order chi connectivity index (χ1) is 12.6. The molecule has 0 saturated heterocycles. The van der Waals surface area contributed by atoms with Gasteiger partial charge in [-0.2, -0.15) is 0 Å². The molecule has 0 atom stereocenters. The number of halogens is 2. The van der Waals surface area contributed by atoms with Gasteiger partial charge in [-0.1, -0.05) is 47.1 Å². The molecule has 0 saturated carbocycles. The number of carbonyl (C=O) groups is 1. The summed E-state index contributed by atoms with van der Waals surface area (Å²) < 4.78 is 7.20. The van der Waals surface area contributed by atoms with Crippen molar-refractivity contribution in [3.8, 4) is 11.6 Å². The molecule has 1 aromatic carbocycles. The molecule has 6 nitrogen and oxygen atoms in total. The summed E-state index contributed by atoms with van der Waals surface area (Å²) in [4.78, 5) is 12.2. The molecule has 26 heavy (non-hydrogen) atoms. The zero-order valence-corrected chi connectivity index (χ0v) is 15.8. The van der Waals surface area contributed by atoms with Gasteiger partial charge in [0.1, 0.15) is 0 Å². The molecule has 0 aliphatic heterocycles. The van der Waals surface area contributed by atoms with Crippen molar-refractivity contribution < 1.29 is 9.21 Å². The van der Waals surface area contributed by atoms with Crippen LogP contribution in [0.2, 0.25) is 10.0 Å². The van der Waals surface area contributed by atoms with E-state index in [-0.39, 0.29) is 11.7 Å². The number of nitrogens with zero attached hydrogens (tertiary/aromatic N) is 3. The summed E-state index contributed by atoms with van der Waals surface area (Å²) in [6, 6.07) is 8.60. The molecule has 0 bridgehead atoms. The van der Waals surface area contributed by atoms with Crippen molar-refractivity contribution in [3.05, 3.63) is 59.3 Å². The summed E-state index contributed by atoms with van der Waals surface area (Å²) in [5, 5.41) is 12.3. The number of hydrogen-bond donors (Lipinski definition) is 1. The largest absolute Gasteiger partial charge is 0.461 e. The van der Waals surface area contributed by atoms with Gasteiger partial charge in [0.25, 0.3) is 0 Å². The topological polar surface area (TPSA) is 73.0 Å². The lowest BCUT2D eigenvalue weighted by Gasteiger charge is -2.09. The van der Waals surface area contributed by atoms with Crippen LogP contribution in [0.15, 0.2) is 58.8 Å². The number of carbonyl (C=O) groups excluding carboxylic acids is 1. The lowest BCUT2D eigenvalue weighted by Crippen LogP contribution is -2.15. The van der Waals surface area contributed by atoms with Crippen LogP contribution in [-0.2, 0) is 11.3 Å². The Labute approximate surface area is 164 Å². The first kappa shape index (κ1) is 18.6. The van der Waals surface area contributed by atoms with Crippen molar-refractivity contribution in [2.24, 2.45) is 0 Å². The molecule has 134 valence electrons. The average molecular weight is 409 g/mol. The summed E-state index contributed by atoms with van der Waals surface area (Å²) >= 11 is 13.4. The van der Waals surface area contributed by atoms with Crippen molar-refractivity contribution in [2.45, 2.75) is 11.7 Å². The number of furan rings is 1. The van der Waals surface area contributed by atoms with E-state index in [4.69, 9.17) is 27.6 Å². The van der Waals surface area contributed by atoms with Crippen LogP contribution in [-0.4, -0.2) is 26.4 Å². The number of hydrogen-bond acceptors (Lipinski definition) is 5. The highest BCUT2D eigenvalue weighted by Crippen LogP contribution is 2.30. The molecule has 0 unspecified atom stereocenters. The van der Waals surface area contributed by atoms with Crippen molar-refractivity contribution in [1.29, 1.82) is 0 Å². The first-order valence-electron chi connectivity index (χ1n) is 7.54. The number of para-hydroxylation sites is 1. The van der Waals surface area contributed by atoms with Gasteiger partial charge in [0.05, 0.1) is 27.7 Å². The van der Waals surface area contributed by atoms with Crippen LogP contribution in [0.25, 0.3) is 11.6 Å². The van der Waals surface area contributed by atoms with Crippen LogP contribution < -0.4 is 5.32 Å². The molecule has 0 aliphatic rings. The lowest BCUT2D eigenvalue weighted by molar-refractivity contribution is -0.113. The Morgan fingerprint density at radius 2 is 2.04 bits per heavy atom. The number of thioether (sulfide) groups is 1. The van der Waals surface area contributed by atoms with E-state index in [0.717, 1.165) is 0 Å². The minimum absolute atomic E-state index is 0.120. The number of allylic oxidation sites excluding steroid dienone is 1. The molecule has 0 radical (unpaired) electrons. The number of amides is 1. The minimum atomic E-state index is -0.252. The van der Waals surface area contributed by atoms with Gasteiger partial charge in [0.15, 0.2) is 10.9 Å². The Morgan fingerprint density at radius 3 is 2.69 bits per heavy atom. The molecule has 0 fully saturated rings. The van der Waals surface area contributed by atoms with E-state index in [9.17, 15) is 4.79 Å². The lowest BCUT2D eigenvalue weighted by atomic mass is 10.3. The van der Waals surface area contributed by atoms with Crippen molar-refractivity contribution in [3.63, 3.8) is 0 Å². The Bertz CT molecular complexity index is 905. The van der Waals surface area contributed by atoms with Gasteiger partial charge in [0.2, 0.25) is 11.7 Å². The van der Waals surface area contributed by atoms with E-state index >= 15 is 0 Å². The number of rotatable bonds is 7. The molecule has 3 rings (SSSR count). The van der Waals surface area contributed by atoms with E-state index in [1.165, 1.54) is 11.8 Å². The Kier molecular flexibility index (Phi) is 6.03. The number of anilines is 1. The van der Waals surface area contributed by atoms with Gasteiger partial charge < -0.3 is 9.73 Å². The van der Waals surface area contributed by atoms with E-state index < -0.39 is 0 Å². The van der Waals surface area contributed by atoms with Crippen LogP contribution in [0.4, 0.5) is 5.69 Å². The molecule has 2 aromatic heterocycles. The Balaban J connectivity index is 1.71. The van der Waals surface area contributed by atoms with Crippen LogP contribution in [0.1, 0.15) is 0 Å². The smallest absolute Gasteiger partial charge is 0.234 e. The monoisotopic (exact) mass is 408 g/mol. The second kappa shape index (κ2) is 8.44. The van der Waals surface area contributed by atoms with Crippen LogP contribution >= 0.6 is 35.0 Å². The third kappa shape index (κ3) is 4.12. The third-order valence-electron chi connectivity index (χ3n) is 3.33. The van der Waals surface area contributed by atoms with Gasteiger partial charge in [-0.15, -0.1) is 16.8 Å². The van der Waals surface area contributed by atoms with Gasteiger partial charge in [-0.05, 0) is 24.3 Å². The quantitative estimate of drug-likeness (QED) is 0.450. The van der Waals surface area contributed by atoms with Crippen molar-refractivity contribution in [1.82, 2.24) is 14.8 Å². The van der Waals surface area contributed by atoms with Crippen LogP contribution in [0, 0.1) is 0 Å². The molecular weight excluding hydrogens is 395 g/mol. The minimum Gasteiger partial charge on any atom is -0.461 e. The maximum absolute atomic E-state index is 12.2. The zero-order chi connectivity index (χ0) is 18.5. The highest BCUT2D eigenvalue weighted by molar-refractivity contribution is 7.99. The molecule has 1 N–H and O–H groups in total. The maximum Gasteiger partial charge on any atom is 0.234 e. The standard InChI is InChI=1S/C17H14Cl2N4O2S/c1-2-8-23-16(13-7-4-9-25-13)21-22-17(23)26-10-14(24)20-15-11(18)5-3-6-12(15)19/h2-7,9H,1,8,10H2,(H,20,24). The Hall–Kier alpha value is -2.22. The van der Waals surface area contributed by atoms with Gasteiger partial charge >= 0.3 is 0 Å². The highest BCUT2D eigenvalue weighted by atomic mass is 35.5. The normalized spacial score (nSPS) is 10.7. The number of benzene rings is 1. The second-order valence-corrected chi connectivity index (χ2v) is 6.87. The fraction of sp³-hybridized carbons (Fsp3) is 0.118. The van der Waals surface area contributed by atoms with Gasteiger partial charge in [-0.3, -0.25) is 9.36 Å².